The molecule has 0 unspecified atom stereocenters. The number of carbonyl (C=O) groups is 1. The second kappa shape index (κ2) is 7.50. The maximum absolute atomic E-state index is 12.2. The predicted molar refractivity (Wildman–Crippen MR) is 90.8 cm³/mol. The van der Waals surface area contributed by atoms with E-state index in [9.17, 15) is 4.79 Å². The van der Waals surface area contributed by atoms with Crippen molar-refractivity contribution in [1.29, 1.82) is 0 Å². The summed E-state index contributed by atoms with van der Waals surface area (Å²) in [6, 6.07) is 13.1. The summed E-state index contributed by atoms with van der Waals surface area (Å²) in [5.74, 6) is 0.792. The fourth-order valence-electron chi connectivity index (χ4n) is 2.28. The molecule has 0 heterocycles. The zero-order valence-electron chi connectivity index (χ0n) is 13.3. The standard InChI is InChI=1S/C18H22N2O2/c1-4-14-8-6-7-13(3)17(14)20-18(21)19-15-9-11-16(12-10-15)22-5-2/h6-12H,4-5H2,1-3H3,(H2,19,20,21). The van der Waals surface area contributed by atoms with E-state index in [1.54, 1.807) is 0 Å². The average molecular weight is 298 g/mol. The Bertz CT molecular complexity index is 636. The molecule has 2 rings (SSSR count). The maximum Gasteiger partial charge on any atom is 0.323 e. The van der Waals surface area contributed by atoms with Crippen LogP contribution in [0.5, 0.6) is 5.75 Å². The highest BCUT2D eigenvalue weighted by Gasteiger charge is 2.08. The van der Waals surface area contributed by atoms with Crippen molar-refractivity contribution >= 4 is 17.4 Å². The molecule has 4 nitrogen and oxygen atoms in total. The number of urea groups is 1. The molecule has 0 radical (unpaired) electrons. The molecular formula is C18H22N2O2. The van der Waals surface area contributed by atoms with Crippen LogP contribution in [0, 0.1) is 6.92 Å². The van der Waals surface area contributed by atoms with E-state index in [1.165, 1.54) is 0 Å². The van der Waals surface area contributed by atoms with E-state index in [2.05, 4.69) is 17.6 Å². The van der Waals surface area contributed by atoms with Gasteiger partial charge in [-0.15, -0.1) is 0 Å². The highest BCUT2D eigenvalue weighted by molar-refractivity contribution is 6.00. The molecule has 2 N–H and O–H groups in total. The van der Waals surface area contributed by atoms with Crippen molar-refractivity contribution in [1.82, 2.24) is 0 Å². The van der Waals surface area contributed by atoms with Gasteiger partial charge in [-0.25, -0.2) is 4.79 Å². The van der Waals surface area contributed by atoms with Crippen molar-refractivity contribution < 1.29 is 9.53 Å². The van der Waals surface area contributed by atoms with Gasteiger partial charge >= 0.3 is 6.03 Å². The van der Waals surface area contributed by atoms with E-state index in [1.807, 2.05) is 56.3 Å². The van der Waals surface area contributed by atoms with Crippen molar-refractivity contribution in [2.24, 2.45) is 0 Å². The molecule has 0 saturated carbocycles. The Labute approximate surface area is 131 Å². The summed E-state index contributed by atoms with van der Waals surface area (Å²) in [5.41, 5.74) is 3.80. The van der Waals surface area contributed by atoms with Crippen LogP contribution >= 0.6 is 0 Å². The summed E-state index contributed by atoms with van der Waals surface area (Å²) in [7, 11) is 0. The third kappa shape index (κ3) is 4.01. The van der Waals surface area contributed by atoms with Gasteiger partial charge < -0.3 is 15.4 Å². The molecule has 4 heteroatoms. The highest BCUT2D eigenvalue weighted by Crippen LogP contribution is 2.22. The van der Waals surface area contributed by atoms with E-state index >= 15 is 0 Å². The minimum Gasteiger partial charge on any atom is -0.494 e. The second-order valence-electron chi connectivity index (χ2n) is 5.00. The van der Waals surface area contributed by atoms with Gasteiger partial charge in [0, 0.05) is 11.4 Å². The molecule has 0 bridgehead atoms. The first kappa shape index (κ1) is 15.9. The Morgan fingerprint density at radius 2 is 1.77 bits per heavy atom. The van der Waals surface area contributed by atoms with Gasteiger partial charge in [-0.1, -0.05) is 25.1 Å². The number of hydrogen-bond acceptors (Lipinski definition) is 2. The van der Waals surface area contributed by atoms with Gasteiger partial charge in [-0.2, -0.15) is 0 Å². The van der Waals surface area contributed by atoms with Gasteiger partial charge in [0.2, 0.25) is 0 Å². The summed E-state index contributed by atoms with van der Waals surface area (Å²) in [5, 5.41) is 5.77. The lowest BCUT2D eigenvalue weighted by molar-refractivity contribution is 0.262. The fraction of sp³-hybridized carbons (Fsp3) is 0.278. The van der Waals surface area contributed by atoms with Crippen molar-refractivity contribution in [2.75, 3.05) is 17.2 Å². The molecule has 116 valence electrons. The molecule has 0 spiro atoms. The number of anilines is 2. The molecule has 0 aliphatic heterocycles. The quantitative estimate of drug-likeness (QED) is 0.847. The first-order valence-electron chi connectivity index (χ1n) is 7.53. The third-order valence-electron chi connectivity index (χ3n) is 3.40. The summed E-state index contributed by atoms with van der Waals surface area (Å²) in [4.78, 5) is 12.2. The lowest BCUT2D eigenvalue weighted by atomic mass is 10.1. The zero-order chi connectivity index (χ0) is 15.9. The number of amides is 2. The zero-order valence-corrected chi connectivity index (χ0v) is 13.3. The van der Waals surface area contributed by atoms with Gasteiger partial charge in [-0.3, -0.25) is 0 Å². The summed E-state index contributed by atoms with van der Waals surface area (Å²) in [6.45, 7) is 6.63. The molecule has 0 aliphatic rings. The monoisotopic (exact) mass is 298 g/mol. The van der Waals surface area contributed by atoms with Crippen LogP contribution in [0.25, 0.3) is 0 Å². The lowest BCUT2D eigenvalue weighted by Gasteiger charge is -2.14. The molecule has 2 aromatic carbocycles. The molecule has 0 saturated heterocycles. The van der Waals surface area contributed by atoms with Crippen molar-refractivity contribution in [2.45, 2.75) is 27.2 Å². The smallest absolute Gasteiger partial charge is 0.323 e. The van der Waals surface area contributed by atoms with Crippen molar-refractivity contribution in [3.8, 4) is 5.75 Å². The van der Waals surface area contributed by atoms with Gasteiger partial charge in [0.1, 0.15) is 5.75 Å². The van der Waals surface area contributed by atoms with Crippen LogP contribution in [0.4, 0.5) is 16.2 Å². The number of benzene rings is 2. The normalized spacial score (nSPS) is 10.1. The lowest BCUT2D eigenvalue weighted by Crippen LogP contribution is -2.20. The predicted octanol–water partition coefficient (Wildman–Crippen LogP) is 4.60. The number of hydrogen-bond donors (Lipinski definition) is 2. The summed E-state index contributed by atoms with van der Waals surface area (Å²) < 4.78 is 5.38. The minimum atomic E-state index is -0.242. The Hall–Kier alpha value is -2.49. The summed E-state index contributed by atoms with van der Waals surface area (Å²) >= 11 is 0. The largest absolute Gasteiger partial charge is 0.494 e. The van der Waals surface area contributed by atoms with E-state index in [0.29, 0.717) is 6.61 Å². The maximum atomic E-state index is 12.2. The molecule has 22 heavy (non-hydrogen) atoms. The fourth-order valence-corrected chi connectivity index (χ4v) is 2.28. The number of nitrogens with one attached hydrogen (secondary N) is 2. The van der Waals surface area contributed by atoms with Gasteiger partial charge in [0.15, 0.2) is 0 Å². The van der Waals surface area contributed by atoms with Crippen LogP contribution < -0.4 is 15.4 Å². The van der Waals surface area contributed by atoms with E-state index in [-0.39, 0.29) is 6.03 Å². The number of carbonyl (C=O) groups excluding carboxylic acids is 1. The Morgan fingerprint density at radius 1 is 1.05 bits per heavy atom. The van der Waals surface area contributed by atoms with Gasteiger partial charge in [-0.05, 0) is 55.7 Å². The van der Waals surface area contributed by atoms with Crippen LogP contribution in [0.1, 0.15) is 25.0 Å². The number of ether oxygens (including phenoxy) is 1. The van der Waals surface area contributed by atoms with Crippen LogP contribution in [0.3, 0.4) is 0 Å². The Balaban J connectivity index is 2.04. The molecule has 0 atom stereocenters. The van der Waals surface area contributed by atoms with Crippen LogP contribution in [0.2, 0.25) is 0 Å². The van der Waals surface area contributed by atoms with E-state index in [0.717, 1.165) is 34.7 Å². The Morgan fingerprint density at radius 3 is 2.41 bits per heavy atom. The molecule has 2 aromatic rings. The Kier molecular flexibility index (Phi) is 5.42. The molecule has 0 fully saturated rings. The van der Waals surface area contributed by atoms with Crippen LogP contribution in [-0.4, -0.2) is 12.6 Å². The van der Waals surface area contributed by atoms with Gasteiger partial charge in [0.05, 0.1) is 6.61 Å². The average Bonchev–Trinajstić information content (AvgIpc) is 2.51. The summed E-state index contributed by atoms with van der Waals surface area (Å²) in [6.07, 6.45) is 0.875. The first-order valence-corrected chi connectivity index (χ1v) is 7.53. The topological polar surface area (TPSA) is 50.4 Å². The third-order valence-corrected chi connectivity index (χ3v) is 3.40. The van der Waals surface area contributed by atoms with Crippen LogP contribution in [-0.2, 0) is 6.42 Å². The number of aryl methyl sites for hydroxylation is 2. The van der Waals surface area contributed by atoms with E-state index < -0.39 is 0 Å². The van der Waals surface area contributed by atoms with E-state index in [4.69, 9.17) is 4.74 Å². The van der Waals surface area contributed by atoms with Gasteiger partial charge in [0.25, 0.3) is 0 Å². The van der Waals surface area contributed by atoms with Crippen LogP contribution in [0.15, 0.2) is 42.5 Å². The number of rotatable bonds is 5. The molecule has 0 aromatic heterocycles. The molecular weight excluding hydrogens is 276 g/mol. The van der Waals surface area contributed by atoms with Crippen molar-refractivity contribution in [3.05, 3.63) is 53.6 Å². The highest BCUT2D eigenvalue weighted by atomic mass is 16.5. The minimum absolute atomic E-state index is 0.242. The molecule has 2 amide bonds. The first-order chi connectivity index (χ1) is 10.6. The molecule has 0 aliphatic carbocycles. The SMILES string of the molecule is CCOc1ccc(NC(=O)Nc2c(C)cccc2CC)cc1. The number of para-hydroxylation sites is 1. The van der Waals surface area contributed by atoms with Crippen molar-refractivity contribution in [3.63, 3.8) is 0 Å². The second-order valence-corrected chi connectivity index (χ2v) is 5.00.